The minimum absolute atomic E-state index is 0.146. The first kappa shape index (κ1) is 16.4. The van der Waals surface area contributed by atoms with E-state index in [4.69, 9.17) is 5.73 Å². The summed E-state index contributed by atoms with van der Waals surface area (Å²) in [7, 11) is -3.74. The summed E-state index contributed by atoms with van der Waals surface area (Å²) in [6.45, 7) is 2.09. The number of benzene rings is 1. The SMILES string of the molecule is Cc1cc(CN)cc(S(=O)(=O)Nc2ccc(Br)cn2)c1Br. The highest BCUT2D eigenvalue weighted by Crippen LogP contribution is 2.28. The summed E-state index contributed by atoms with van der Waals surface area (Å²) in [5.74, 6) is 0.251. The van der Waals surface area contributed by atoms with Gasteiger partial charge in [0, 0.05) is 21.7 Å². The van der Waals surface area contributed by atoms with Crippen molar-refractivity contribution in [2.45, 2.75) is 18.4 Å². The molecule has 1 aromatic carbocycles. The molecule has 0 saturated heterocycles. The van der Waals surface area contributed by atoms with E-state index < -0.39 is 10.0 Å². The molecule has 0 aliphatic carbocycles. The van der Waals surface area contributed by atoms with E-state index >= 15 is 0 Å². The summed E-state index contributed by atoms with van der Waals surface area (Å²) in [5.41, 5.74) is 7.16. The maximum Gasteiger partial charge on any atom is 0.264 e. The van der Waals surface area contributed by atoms with Crippen LogP contribution in [0, 0.1) is 6.92 Å². The van der Waals surface area contributed by atoms with Crippen molar-refractivity contribution in [1.82, 2.24) is 4.98 Å². The third-order valence-corrected chi connectivity index (χ3v) is 5.94. The van der Waals surface area contributed by atoms with E-state index in [-0.39, 0.29) is 17.3 Å². The van der Waals surface area contributed by atoms with E-state index in [1.165, 1.54) is 6.20 Å². The molecule has 1 aromatic heterocycles. The number of rotatable bonds is 4. The summed E-state index contributed by atoms with van der Waals surface area (Å²) in [6.07, 6.45) is 1.52. The smallest absolute Gasteiger partial charge is 0.264 e. The topological polar surface area (TPSA) is 85.1 Å². The number of pyridine rings is 1. The molecule has 21 heavy (non-hydrogen) atoms. The van der Waals surface area contributed by atoms with Gasteiger partial charge in [-0.2, -0.15) is 0 Å². The van der Waals surface area contributed by atoms with Crippen molar-refractivity contribution in [3.05, 3.63) is 50.5 Å². The van der Waals surface area contributed by atoms with E-state index in [9.17, 15) is 8.42 Å². The maximum absolute atomic E-state index is 12.5. The van der Waals surface area contributed by atoms with Gasteiger partial charge >= 0.3 is 0 Å². The molecule has 2 rings (SSSR count). The highest BCUT2D eigenvalue weighted by atomic mass is 79.9. The predicted octanol–water partition coefficient (Wildman–Crippen LogP) is 3.17. The lowest BCUT2D eigenvalue weighted by Crippen LogP contribution is -2.15. The van der Waals surface area contributed by atoms with Crippen LogP contribution in [0.2, 0.25) is 0 Å². The third-order valence-electron chi connectivity index (χ3n) is 2.77. The van der Waals surface area contributed by atoms with Gasteiger partial charge < -0.3 is 5.73 Å². The van der Waals surface area contributed by atoms with Crippen molar-refractivity contribution in [3.8, 4) is 0 Å². The molecule has 112 valence electrons. The molecule has 0 aliphatic heterocycles. The minimum atomic E-state index is -3.74. The molecule has 5 nitrogen and oxygen atoms in total. The van der Waals surface area contributed by atoms with Crippen LogP contribution in [0.25, 0.3) is 0 Å². The fourth-order valence-corrected chi connectivity index (χ4v) is 4.06. The Labute approximate surface area is 140 Å². The molecule has 0 radical (unpaired) electrons. The van der Waals surface area contributed by atoms with Crippen LogP contribution in [0.15, 0.2) is 44.3 Å². The van der Waals surface area contributed by atoms with Gasteiger partial charge in [-0.25, -0.2) is 13.4 Å². The van der Waals surface area contributed by atoms with Crippen LogP contribution in [0.4, 0.5) is 5.82 Å². The third kappa shape index (κ3) is 3.82. The van der Waals surface area contributed by atoms with Crippen LogP contribution in [0.5, 0.6) is 0 Å². The fraction of sp³-hybridized carbons (Fsp3) is 0.154. The van der Waals surface area contributed by atoms with Gasteiger partial charge in [0.15, 0.2) is 0 Å². The first-order valence-corrected chi connectivity index (χ1v) is 9.04. The zero-order valence-electron chi connectivity index (χ0n) is 11.1. The molecular formula is C13H13Br2N3O2S. The highest BCUT2D eigenvalue weighted by molar-refractivity contribution is 9.10. The number of hydrogen-bond acceptors (Lipinski definition) is 4. The average Bonchev–Trinajstić information content (AvgIpc) is 2.43. The fourth-order valence-electron chi connectivity index (χ4n) is 1.75. The van der Waals surface area contributed by atoms with E-state index in [1.807, 2.05) is 13.0 Å². The number of hydrogen-bond donors (Lipinski definition) is 2. The quantitative estimate of drug-likeness (QED) is 0.773. The lowest BCUT2D eigenvalue weighted by molar-refractivity contribution is 0.600. The van der Waals surface area contributed by atoms with E-state index in [0.29, 0.717) is 4.47 Å². The number of nitrogens with two attached hydrogens (primary N) is 1. The van der Waals surface area contributed by atoms with Crippen LogP contribution in [0.1, 0.15) is 11.1 Å². The molecule has 0 amide bonds. The standard InChI is InChI=1S/C13H13Br2N3O2S/c1-8-4-9(6-16)5-11(13(8)15)21(19,20)18-12-3-2-10(14)7-17-12/h2-5,7H,6,16H2,1H3,(H,17,18). The summed E-state index contributed by atoms with van der Waals surface area (Å²) >= 11 is 6.57. The van der Waals surface area contributed by atoms with E-state index in [0.717, 1.165) is 15.6 Å². The van der Waals surface area contributed by atoms with E-state index in [1.54, 1.807) is 18.2 Å². The number of halogens is 2. The monoisotopic (exact) mass is 433 g/mol. The molecule has 0 saturated carbocycles. The number of aromatic nitrogens is 1. The van der Waals surface area contributed by atoms with Crippen LogP contribution in [-0.2, 0) is 16.6 Å². The van der Waals surface area contributed by atoms with Crippen molar-refractivity contribution in [2.24, 2.45) is 5.73 Å². The zero-order chi connectivity index (χ0) is 15.6. The maximum atomic E-state index is 12.5. The van der Waals surface area contributed by atoms with Crippen molar-refractivity contribution in [3.63, 3.8) is 0 Å². The highest BCUT2D eigenvalue weighted by Gasteiger charge is 2.20. The van der Waals surface area contributed by atoms with Gasteiger partial charge in [-0.05, 0) is 68.1 Å². The van der Waals surface area contributed by atoms with Crippen LogP contribution in [-0.4, -0.2) is 13.4 Å². The Bertz CT molecular complexity index is 762. The van der Waals surface area contributed by atoms with Crippen molar-refractivity contribution in [2.75, 3.05) is 4.72 Å². The Morgan fingerprint density at radius 1 is 1.29 bits per heavy atom. The zero-order valence-corrected chi connectivity index (χ0v) is 15.1. The molecule has 2 aromatic rings. The van der Waals surface area contributed by atoms with Gasteiger partial charge in [0.25, 0.3) is 10.0 Å². The van der Waals surface area contributed by atoms with Gasteiger partial charge in [0.1, 0.15) is 10.7 Å². The molecule has 0 bridgehead atoms. The number of aryl methyl sites for hydroxylation is 1. The van der Waals surface area contributed by atoms with Gasteiger partial charge in [0.2, 0.25) is 0 Å². The lowest BCUT2D eigenvalue weighted by atomic mass is 10.1. The number of nitrogens with one attached hydrogen (secondary N) is 1. The summed E-state index contributed by atoms with van der Waals surface area (Å²) in [5, 5.41) is 0. The summed E-state index contributed by atoms with van der Waals surface area (Å²) in [4.78, 5) is 4.15. The molecule has 3 N–H and O–H groups in total. The molecule has 0 fully saturated rings. The Hall–Kier alpha value is -0.960. The van der Waals surface area contributed by atoms with Gasteiger partial charge in [-0.3, -0.25) is 4.72 Å². The number of anilines is 1. The normalized spacial score (nSPS) is 11.4. The molecule has 0 unspecified atom stereocenters. The Morgan fingerprint density at radius 2 is 2.00 bits per heavy atom. The molecule has 8 heteroatoms. The Kier molecular flexibility index (Phi) is 5.03. The summed E-state index contributed by atoms with van der Waals surface area (Å²) < 4.78 is 28.7. The van der Waals surface area contributed by atoms with E-state index in [2.05, 4.69) is 41.6 Å². The second-order valence-corrected chi connectivity index (χ2v) is 7.76. The van der Waals surface area contributed by atoms with Crippen LogP contribution < -0.4 is 10.5 Å². The van der Waals surface area contributed by atoms with Crippen LogP contribution >= 0.6 is 31.9 Å². The summed E-state index contributed by atoms with van der Waals surface area (Å²) in [6, 6.07) is 6.69. The van der Waals surface area contributed by atoms with Crippen molar-refractivity contribution >= 4 is 47.7 Å². The first-order chi connectivity index (χ1) is 9.83. The van der Waals surface area contributed by atoms with Crippen molar-refractivity contribution < 1.29 is 8.42 Å². The van der Waals surface area contributed by atoms with Crippen molar-refractivity contribution in [1.29, 1.82) is 0 Å². The largest absolute Gasteiger partial charge is 0.326 e. The molecule has 0 spiro atoms. The number of sulfonamides is 1. The van der Waals surface area contributed by atoms with Gasteiger partial charge in [-0.15, -0.1) is 0 Å². The average molecular weight is 435 g/mol. The molecule has 0 atom stereocenters. The first-order valence-electron chi connectivity index (χ1n) is 5.97. The molecule has 1 heterocycles. The van der Waals surface area contributed by atoms with Gasteiger partial charge in [0.05, 0.1) is 0 Å². The molecule has 0 aliphatic rings. The predicted molar refractivity (Wildman–Crippen MR) is 89.5 cm³/mol. The second kappa shape index (κ2) is 6.43. The Balaban J connectivity index is 2.44. The minimum Gasteiger partial charge on any atom is -0.326 e. The van der Waals surface area contributed by atoms with Crippen LogP contribution in [0.3, 0.4) is 0 Å². The second-order valence-electron chi connectivity index (χ2n) is 4.40. The molecular weight excluding hydrogens is 422 g/mol. The lowest BCUT2D eigenvalue weighted by Gasteiger charge is -2.12. The van der Waals surface area contributed by atoms with Gasteiger partial charge in [-0.1, -0.05) is 6.07 Å². The Morgan fingerprint density at radius 3 is 2.57 bits per heavy atom. The number of nitrogens with zero attached hydrogens (tertiary/aromatic N) is 1.